The molecule has 0 saturated heterocycles. The van der Waals surface area contributed by atoms with E-state index in [4.69, 9.17) is 4.42 Å². The molecule has 1 amide bonds. The average Bonchev–Trinajstić information content (AvgIpc) is 3.48. The molecule has 2 aromatic carbocycles. The first-order chi connectivity index (χ1) is 15.2. The second kappa shape index (κ2) is 9.88. The number of nitrogens with one attached hydrogen (secondary N) is 1. The van der Waals surface area contributed by atoms with Gasteiger partial charge in [0, 0.05) is 11.3 Å². The van der Waals surface area contributed by atoms with Crippen LogP contribution < -0.4 is 5.43 Å². The Morgan fingerprint density at radius 2 is 1.90 bits per heavy atom. The number of aliphatic hydroxyl groups excluding tert-OH is 1. The van der Waals surface area contributed by atoms with E-state index in [0.717, 1.165) is 16.8 Å². The summed E-state index contributed by atoms with van der Waals surface area (Å²) in [5.74, 6) is 1.04. The van der Waals surface area contributed by atoms with Crippen LogP contribution in [-0.2, 0) is 11.4 Å². The molecule has 0 atom stereocenters. The van der Waals surface area contributed by atoms with Gasteiger partial charge < -0.3 is 9.52 Å². The van der Waals surface area contributed by atoms with E-state index in [1.807, 2.05) is 59.2 Å². The minimum absolute atomic E-state index is 0.0235. The van der Waals surface area contributed by atoms with E-state index in [9.17, 15) is 9.90 Å². The molecule has 31 heavy (non-hydrogen) atoms. The van der Waals surface area contributed by atoms with E-state index in [0.29, 0.717) is 16.7 Å². The third-order valence-electron chi connectivity index (χ3n) is 4.30. The van der Waals surface area contributed by atoms with Crippen LogP contribution >= 0.6 is 11.8 Å². The minimum Gasteiger partial charge on any atom is -0.463 e. The fourth-order valence-electron chi connectivity index (χ4n) is 2.81. The molecule has 156 valence electrons. The molecule has 0 fully saturated rings. The molecule has 2 N–H and O–H groups in total. The van der Waals surface area contributed by atoms with E-state index in [-0.39, 0.29) is 18.3 Å². The molecule has 0 aliphatic heterocycles. The van der Waals surface area contributed by atoms with Gasteiger partial charge in [-0.2, -0.15) is 5.10 Å². The van der Waals surface area contributed by atoms with Crippen LogP contribution in [0, 0.1) is 0 Å². The van der Waals surface area contributed by atoms with Gasteiger partial charge >= 0.3 is 0 Å². The number of para-hydroxylation sites is 1. The fraction of sp³-hybridized carbons (Fsp3) is 0.0909. The molecule has 0 aliphatic carbocycles. The maximum atomic E-state index is 12.2. The van der Waals surface area contributed by atoms with Crippen molar-refractivity contribution >= 4 is 23.9 Å². The standard InChI is InChI=1S/C22H19N5O3S/c28-14-16-8-10-17(11-9-16)21-25-26-22(27(21)18-5-2-1-3-6-18)31-15-20(29)24-23-13-19-7-4-12-30-19/h1-13,28H,14-15H2,(H,24,29). The number of hydrogen-bond donors (Lipinski definition) is 2. The molecule has 4 aromatic rings. The summed E-state index contributed by atoms with van der Waals surface area (Å²) >= 11 is 1.26. The van der Waals surface area contributed by atoms with Gasteiger partial charge in [0.2, 0.25) is 0 Å². The highest BCUT2D eigenvalue weighted by Crippen LogP contribution is 2.28. The number of hydrogen-bond acceptors (Lipinski definition) is 7. The molecule has 0 spiro atoms. The Balaban J connectivity index is 1.53. The molecule has 8 nitrogen and oxygen atoms in total. The maximum Gasteiger partial charge on any atom is 0.250 e. The van der Waals surface area contributed by atoms with Crippen LogP contribution in [0.15, 0.2) is 87.7 Å². The Kier molecular flexibility index (Phi) is 6.56. The van der Waals surface area contributed by atoms with Crippen molar-refractivity contribution in [3.05, 3.63) is 84.3 Å². The summed E-state index contributed by atoms with van der Waals surface area (Å²) in [5, 5.41) is 22.4. The number of furan rings is 1. The average molecular weight is 433 g/mol. The molecular weight excluding hydrogens is 414 g/mol. The van der Waals surface area contributed by atoms with Crippen molar-refractivity contribution in [2.75, 3.05) is 5.75 Å². The van der Waals surface area contributed by atoms with Gasteiger partial charge in [-0.15, -0.1) is 10.2 Å². The number of aromatic nitrogens is 3. The molecule has 9 heteroatoms. The first kappa shape index (κ1) is 20.6. The Morgan fingerprint density at radius 1 is 1.10 bits per heavy atom. The van der Waals surface area contributed by atoms with Crippen molar-refractivity contribution in [1.82, 2.24) is 20.2 Å². The third kappa shape index (κ3) is 5.08. The number of carbonyl (C=O) groups is 1. The van der Waals surface area contributed by atoms with Crippen molar-refractivity contribution in [2.24, 2.45) is 5.10 Å². The Bertz CT molecular complexity index is 1160. The van der Waals surface area contributed by atoms with E-state index >= 15 is 0 Å². The topological polar surface area (TPSA) is 106 Å². The smallest absolute Gasteiger partial charge is 0.250 e. The van der Waals surface area contributed by atoms with E-state index < -0.39 is 0 Å². The number of carbonyl (C=O) groups excluding carboxylic acids is 1. The van der Waals surface area contributed by atoms with Crippen LogP contribution in [0.1, 0.15) is 11.3 Å². The van der Waals surface area contributed by atoms with Gasteiger partial charge in [0.15, 0.2) is 11.0 Å². The molecule has 0 radical (unpaired) electrons. The normalized spacial score (nSPS) is 11.1. The van der Waals surface area contributed by atoms with Crippen molar-refractivity contribution < 1.29 is 14.3 Å². The van der Waals surface area contributed by atoms with Gasteiger partial charge in [-0.25, -0.2) is 5.43 Å². The van der Waals surface area contributed by atoms with Gasteiger partial charge in [0.05, 0.1) is 24.8 Å². The van der Waals surface area contributed by atoms with Crippen LogP contribution in [0.3, 0.4) is 0 Å². The molecule has 2 heterocycles. The zero-order chi connectivity index (χ0) is 21.5. The zero-order valence-electron chi connectivity index (χ0n) is 16.4. The highest BCUT2D eigenvalue weighted by molar-refractivity contribution is 7.99. The number of rotatable bonds is 8. The lowest BCUT2D eigenvalue weighted by molar-refractivity contribution is -0.118. The largest absolute Gasteiger partial charge is 0.463 e. The van der Waals surface area contributed by atoms with Crippen molar-refractivity contribution in [3.63, 3.8) is 0 Å². The molecular formula is C22H19N5O3S. The summed E-state index contributed by atoms with van der Waals surface area (Å²) < 4.78 is 7.03. The summed E-state index contributed by atoms with van der Waals surface area (Å²) in [7, 11) is 0. The Morgan fingerprint density at radius 3 is 2.61 bits per heavy atom. The summed E-state index contributed by atoms with van der Waals surface area (Å²) in [6.07, 6.45) is 2.97. The number of thioether (sulfide) groups is 1. The van der Waals surface area contributed by atoms with Crippen molar-refractivity contribution in [2.45, 2.75) is 11.8 Å². The highest BCUT2D eigenvalue weighted by Gasteiger charge is 2.17. The first-order valence-corrected chi connectivity index (χ1v) is 10.4. The zero-order valence-corrected chi connectivity index (χ0v) is 17.2. The quantitative estimate of drug-likeness (QED) is 0.251. The summed E-state index contributed by atoms with van der Waals surface area (Å²) in [6, 6.07) is 20.6. The van der Waals surface area contributed by atoms with E-state index in [1.165, 1.54) is 24.2 Å². The SMILES string of the molecule is O=C(CSc1nnc(-c2ccc(CO)cc2)n1-c1ccccc1)NN=Cc1ccco1. The summed E-state index contributed by atoms with van der Waals surface area (Å²) in [4.78, 5) is 12.2. The van der Waals surface area contributed by atoms with Gasteiger partial charge in [-0.1, -0.05) is 54.2 Å². The van der Waals surface area contributed by atoms with Crippen molar-refractivity contribution in [1.29, 1.82) is 0 Å². The summed E-state index contributed by atoms with van der Waals surface area (Å²) in [6.45, 7) is -0.0235. The minimum atomic E-state index is -0.274. The summed E-state index contributed by atoms with van der Waals surface area (Å²) in [5.41, 5.74) is 5.02. The number of hydrazone groups is 1. The van der Waals surface area contributed by atoms with Crippen LogP contribution in [0.4, 0.5) is 0 Å². The van der Waals surface area contributed by atoms with Gasteiger partial charge in [0.25, 0.3) is 5.91 Å². The molecule has 0 aliphatic rings. The van der Waals surface area contributed by atoms with Crippen molar-refractivity contribution in [3.8, 4) is 17.1 Å². The van der Waals surface area contributed by atoms with E-state index in [2.05, 4.69) is 20.7 Å². The predicted octanol–water partition coefficient (Wildman–Crippen LogP) is 3.26. The number of aliphatic hydroxyl groups is 1. The highest BCUT2D eigenvalue weighted by atomic mass is 32.2. The van der Waals surface area contributed by atoms with Crippen LogP contribution in [0.2, 0.25) is 0 Å². The van der Waals surface area contributed by atoms with Gasteiger partial charge in [-0.3, -0.25) is 9.36 Å². The lowest BCUT2D eigenvalue weighted by atomic mass is 10.1. The second-order valence-electron chi connectivity index (χ2n) is 6.43. The second-order valence-corrected chi connectivity index (χ2v) is 7.37. The van der Waals surface area contributed by atoms with Crippen LogP contribution in [0.5, 0.6) is 0 Å². The molecule has 2 aromatic heterocycles. The lowest BCUT2D eigenvalue weighted by Crippen LogP contribution is -2.19. The first-order valence-electron chi connectivity index (χ1n) is 9.44. The molecule has 0 bridgehead atoms. The number of benzene rings is 2. The Hall–Kier alpha value is -3.69. The molecule has 4 rings (SSSR count). The maximum absolute atomic E-state index is 12.2. The van der Waals surface area contributed by atoms with E-state index in [1.54, 1.807) is 12.1 Å². The fourth-order valence-corrected chi connectivity index (χ4v) is 3.56. The van der Waals surface area contributed by atoms with Gasteiger partial charge in [0.1, 0.15) is 5.76 Å². The molecule has 0 saturated carbocycles. The van der Waals surface area contributed by atoms with Crippen LogP contribution in [0.25, 0.3) is 17.1 Å². The number of nitrogens with zero attached hydrogens (tertiary/aromatic N) is 4. The predicted molar refractivity (Wildman–Crippen MR) is 118 cm³/mol. The Labute approximate surface area is 182 Å². The number of amides is 1. The lowest BCUT2D eigenvalue weighted by Gasteiger charge is -2.10. The molecule has 0 unspecified atom stereocenters. The monoisotopic (exact) mass is 433 g/mol. The van der Waals surface area contributed by atoms with Gasteiger partial charge in [-0.05, 0) is 29.8 Å². The van der Waals surface area contributed by atoms with Crippen LogP contribution in [-0.4, -0.2) is 37.7 Å². The third-order valence-corrected chi connectivity index (χ3v) is 5.23.